The van der Waals surface area contributed by atoms with Crippen molar-refractivity contribution in [2.45, 2.75) is 25.7 Å². The highest BCUT2D eigenvalue weighted by Crippen LogP contribution is 2.29. The van der Waals surface area contributed by atoms with Gasteiger partial charge in [0.1, 0.15) is 13.1 Å². The van der Waals surface area contributed by atoms with Crippen LogP contribution in [0, 0.1) is 11.8 Å². The van der Waals surface area contributed by atoms with Crippen molar-refractivity contribution in [3.8, 4) is 0 Å². The van der Waals surface area contributed by atoms with E-state index in [1.54, 1.807) is 0 Å². The zero-order valence-corrected chi connectivity index (χ0v) is 16.3. The van der Waals surface area contributed by atoms with Gasteiger partial charge in [-0.15, -0.1) is 0 Å². The predicted molar refractivity (Wildman–Crippen MR) is 99.1 cm³/mol. The molecule has 0 saturated heterocycles. The van der Waals surface area contributed by atoms with E-state index in [4.69, 9.17) is 9.47 Å². The Morgan fingerprint density at radius 1 is 0.733 bits per heavy atom. The van der Waals surface area contributed by atoms with Gasteiger partial charge in [0.25, 0.3) is 23.6 Å². The van der Waals surface area contributed by atoms with Crippen molar-refractivity contribution >= 4 is 35.6 Å². The van der Waals surface area contributed by atoms with E-state index in [0.717, 1.165) is 53.4 Å². The van der Waals surface area contributed by atoms with Gasteiger partial charge in [-0.25, -0.2) is 0 Å². The van der Waals surface area contributed by atoms with Crippen LogP contribution in [0.3, 0.4) is 0 Å². The summed E-state index contributed by atoms with van der Waals surface area (Å²) in [5.74, 6) is -3.28. The maximum Gasteiger partial charge on any atom is 0.326 e. The molecule has 10 heteroatoms. The van der Waals surface area contributed by atoms with Gasteiger partial charge in [-0.3, -0.25) is 38.6 Å². The molecule has 0 aromatic rings. The molecule has 10 nitrogen and oxygen atoms in total. The third kappa shape index (κ3) is 5.40. The van der Waals surface area contributed by atoms with Crippen molar-refractivity contribution in [2.24, 2.45) is 11.8 Å². The summed E-state index contributed by atoms with van der Waals surface area (Å²) in [6.45, 7) is -0.507. The summed E-state index contributed by atoms with van der Waals surface area (Å²) in [6, 6.07) is 0. The SMILES string of the molecule is O=C(CN1C(=O)C=CC1=O)OCC1CCCC(COC(=O)CN2C(=O)C=CC2=O)C1. The second-order valence-corrected chi connectivity index (χ2v) is 7.46. The van der Waals surface area contributed by atoms with E-state index in [2.05, 4.69) is 0 Å². The average Bonchev–Trinajstić information content (AvgIpc) is 3.21. The average molecular weight is 418 g/mol. The number of hydrogen-bond donors (Lipinski definition) is 0. The molecular weight excluding hydrogens is 396 g/mol. The maximum atomic E-state index is 11.9. The van der Waals surface area contributed by atoms with Crippen LogP contribution in [0.1, 0.15) is 25.7 Å². The predicted octanol–water partition coefficient (Wildman–Crippen LogP) is -0.271. The van der Waals surface area contributed by atoms with Crippen LogP contribution in [0.5, 0.6) is 0 Å². The topological polar surface area (TPSA) is 127 Å². The molecule has 2 unspecified atom stereocenters. The lowest BCUT2D eigenvalue weighted by Gasteiger charge is -2.28. The van der Waals surface area contributed by atoms with E-state index < -0.39 is 48.7 Å². The van der Waals surface area contributed by atoms with E-state index in [9.17, 15) is 28.8 Å². The molecule has 3 rings (SSSR count). The Morgan fingerprint density at radius 2 is 1.10 bits per heavy atom. The molecule has 0 bridgehead atoms. The molecule has 1 saturated carbocycles. The summed E-state index contributed by atoms with van der Waals surface area (Å²) >= 11 is 0. The van der Waals surface area contributed by atoms with E-state index in [1.807, 2.05) is 0 Å². The monoisotopic (exact) mass is 418 g/mol. The number of hydrogen-bond acceptors (Lipinski definition) is 8. The van der Waals surface area contributed by atoms with Gasteiger partial charge in [-0.05, 0) is 31.1 Å². The van der Waals surface area contributed by atoms with E-state index in [-0.39, 0.29) is 25.0 Å². The Hall–Kier alpha value is -3.30. The van der Waals surface area contributed by atoms with Crippen LogP contribution < -0.4 is 0 Å². The Balaban J connectivity index is 1.35. The highest BCUT2D eigenvalue weighted by atomic mass is 16.5. The highest BCUT2D eigenvalue weighted by molar-refractivity contribution is 6.14. The largest absolute Gasteiger partial charge is 0.464 e. The molecule has 3 aliphatic rings. The molecule has 0 N–H and O–H groups in total. The van der Waals surface area contributed by atoms with Crippen molar-refractivity contribution in [1.29, 1.82) is 0 Å². The first-order chi connectivity index (χ1) is 14.3. The number of carbonyl (C=O) groups is 6. The lowest BCUT2D eigenvalue weighted by atomic mass is 9.82. The normalized spacial score (nSPS) is 23.5. The first kappa shape index (κ1) is 21.4. The van der Waals surface area contributed by atoms with Crippen molar-refractivity contribution in [3.05, 3.63) is 24.3 Å². The fourth-order valence-electron chi connectivity index (χ4n) is 3.65. The van der Waals surface area contributed by atoms with Gasteiger partial charge < -0.3 is 9.47 Å². The summed E-state index contributed by atoms with van der Waals surface area (Å²) < 4.78 is 10.4. The van der Waals surface area contributed by atoms with Crippen molar-refractivity contribution in [3.63, 3.8) is 0 Å². The van der Waals surface area contributed by atoms with Crippen LogP contribution in [0.4, 0.5) is 0 Å². The second-order valence-electron chi connectivity index (χ2n) is 7.46. The van der Waals surface area contributed by atoms with Gasteiger partial charge in [0.05, 0.1) is 13.2 Å². The molecule has 1 aliphatic carbocycles. The lowest BCUT2D eigenvalue weighted by Crippen LogP contribution is -2.37. The van der Waals surface area contributed by atoms with Gasteiger partial charge in [-0.1, -0.05) is 6.42 Å². The minimum Gasteiger partial charge on any atom is -0.464 e. The number of nitrogens with zero attached hydrogens (tertiary/aromatic N) is 2. The molecule has 4 amide bonds. The van der Waals surface area contributed by atoms with Crippen molar-refractivity contribution < 1.29 is 38.2 Å². The van der Waals surface area contributed by atoms with Gasteiger partial charge in [0, 0.05) is 24.3 Å². The summed E-state index contributed by atoms with van der Waals surface area (Å²) in [7, 11) is 0. The third-order valence-corrected chi connectivity index (χ3v) is 5.23. The molecule has 30 heavy (non-hydrogen) atoms. The Kier molecular flexibility index (Phi) is 6.76. The van der Waals surface area contributed by atoms with Crippen molar-refractivity contribution in [1.82, 2.24) is 9.80 Å². The Morgan fingerprint density at radius 3 is 1.47 bits per heavy atom. The molecule has 2 atom stereocenters. The standard InChI is InChI=1S/C20H22N2O8/c23-15-4-5-16(24)21(15)9-19(27)29-11-13-2-1-3-14(8-13)12-30-20(28)10-22-17(25)6-7-18(22)26/h4-7,13-14H,1-3,8-12H2. The molecular formula is C20H22N2O8. The van der Waals surface area contributed by atoms with Crippen LogP contribution in [0.15, 0.2) is 24.3 Å². The minimum absolute atomic E-state index is 0.0837. The smallest absolute Gasteiger partial charge is 0.326 e. The van der Waals surface area contributed by atoms with Gasteiger partial charge >= 0.3 is 11.9 Å². The zero-order valence-electron chi connectivity index (χ0n) is 16.3. The minimum atomic E-state index is -0.650. The van der Waals surface area contributed by atoms with Crippen LogP contribution >= 0.6 is 0 Å². The van der Waals surface area contributed by atoms with Crippen LogP contribution in [-0.4, -0.2) is 71.7 Å². The fraction of sp³-hybridized carbons (Fsp3) is 0.500. The number of carbonyl (C=O) groups excluding carboxylic acids is 6. The summed E-state index contributed by atoms with van der Waals surface area (Å²) in [4.78, 5) is 71.3. The van der Waals surface area contributed by atoms with Gasteiger partial charge in [-0.2, -0.15) is 0 Å². The molecule has 0 aromatic heterocycles. The Bertz CT molecular complexity index is 729. The lowest BCUT2D eigenvalue weighted by molar-refractivity contribution is -0.154. The molecule has 0 radical (unpaired) electrons. The molecule has 0 aromatic carbocycles. The van der Waals surface area contributed by atoms with Crippen LogP contribution in [-0.2, 0) is 38.2 Å². The fourth-order valence-corrected chi connectivity index (χ4v) is 3.65. The quantitative estimate of drug-likeness (QED) is 0.389. The van der Waals surface area contributed by atoms with Gasteiger partial charge in [0.15, 0.2) is 0 Å². The highest BCUT2D eigenvalue weighted by Gasteiger charge is 2.29. The molecule has 2 heterocycles. The number of ether oxygens (including phenoxy) is 2. The number of amides is 4. The number of esters is 2. The molecule has 1 fully saturated rings. The molecule has 0 spiro atoms. The van der Waals surface area contributed by atoms with Crippen molar-refractivity contribution in [2.75, 3.05) is 26.3 Å². The maximum absolute atomic E-state index is 11.9. The van der Waals surface area contributed by atoms with E-state index in [1.165, 1.54) is 0 Å². The first-order valence-corrected chi connectivity index (χ1v) is 9.72. The van der Waals surface area contributed by atoms with Crippen LogP contribution in [0.2, 0.25) is 0 Å². The number of rotatable bonds is 8. The Labute approximate surface area is 172 Å². The third-order valence-electron chi connectivity index (χ3n) is 5.23. The van der Waals surface area contributed by atoms with E-state index >= 15 is 0 Å². The zero-order chi connectivity index (χ0) is 21.7. The summed E-state index contributed by atoms with van der Waals surface area (Å²) in [5.41, 5.74) is 0. The summed E-state index contributed by atoms with van der Waals surface area (Å²) in [6.07, 6.45) is 7.69. The van der Waals surface area contributed by atoms with Crippen LogP contribution in [0.25, 0.3) is 0 Å². The molecule has 2 aliphatic heterocycles. The molecule has 160 valence electrons. The van der Waals surface area contributed by atoms with Gasteiger partial charge in [0.2, 0.25) is 0 Å². The second kappa shape index (κ2) is 9.47. The summed E-state index contributed by atoms with van der Waals surface area (Å²) in [5, 5.41) is 0. The number of imide groups is 2. The van der Waals surface area contributed by atoms with E-state index in [0.29, 0.717) is 6.42 Å². The first-order valence-electron chi connectivity index (χ1n) is 9.72.